The van der Waals surface area contributed by atoms with Gasteiger partial charge in [0, 0.05) is 0 Å². The Morgan fingerprint density at radius 2 is 2.10 bits per heavy atom. The first-order valence-electron chi connectivity index (χ1n) is 2.22. The third-order valence-corrected chi connectivity index (χ3v) is 0.900. The number of thioether (sulfide) groups is 1. The van der Waals surface area contributed by atoms with Crippen molar-refractivity contribution in [3.8, 4) is 0 Å². The number of nitrogens with one attached hydrogen (secondary N) is 1. The van der Waals surface area contributed by atoms with E-state index < -0.39 is 14.8 Å². The van der Waals surface area contributed by atoms with E-state index >= 15 is 0 Å². The van der Waals surface area contributed by atoms with Crippen molar-refractivity contribution in [2.24, 2.45) is 5.73 Å². The lowest BCUT2D eigenvalue weighted by molar-refractivity contribution is -1.63. The van der Waals surface area contributed by atoms with Crippen LogP contribution in [0.25, 0.3) is 0 Å². The van der Waals surface area contributed by atoms with Gasteiger partial charge in [0.25, 0.3) is 0 Å². The quantitative estimate of drug-likeness (QED) is 0.348. The highest BCUT2D eigenvalue weighted by Crippen LogP contribution is 1.92. The predicted molar refractivity (Wildman–Crippen MR) is 32.3 cm³/mol. The van der Waals surface area contributed by atoms with Gasteiger partial charge in [0.1, 0.15) is 0 Å². The van der Waals surface area contributed by atoms with Crippen molar-refractivity contribution >= 4 is 16.9 Å². The van der Waals surface area contributed by atoms with Gasteiger partial charge in [0.15, 0.2) is 5.17 Å². The second-order valence-electron chi connectivity index (χ2n) is 0.998. The Kier molecular flexibility index (Phi) is 11.8. The standard InChI is InChI=1S/C3H8N2S.BrHO3/c1-2-6-3(4)5;2-1(3)4/h2H2,1H3,(H3,4,5);2H. The second-order valence-corrected chi connectivity index (χ2v) is 3.15. The molecule has 7 heteroatoms. The molecule has 5 nitrogen and oxygen atoms in total. The summed E-state index contributed by atoms with van der Waals surface area (Å²) in [5, 5.41) is 6.84. The van der Waals surface area contributed by atoms with Crippen molar-refractivity contribution in [3.63, 3.8) is 0 Å². The molecule has 0 aliphatic rings. The summed E-state index contributed by atoms with van der Waals surface area (Å²) in [6, 6.07) is 0. The van der Waals surface area contributed by atoms with Crippen LogP contribution in [0.5, 0.6) is 0 Å². The molecule has 4 N–H and O–H groups in total. The summed E-state index contributed by atoms with van der Waals surface area (Å²) in [7, 11) is 0. The van der Waals surface area contributed by atoms with Crippen LogP contribution in [0.4, 0.5) is 0 Å². The topological polar surface area (TPSA) is 116 Å². The van der Waals surface area contributed by atoms with E-state index in [4.69, 9.17) is 23.7 Å². The molecule has 10 heavy (non-hydrogen) atoms. The maximum absolute atomic E-state index is 8.63. The zero-order valence-corrected chi connectivity index (χ0v) is 7.74. The molecule has 0 radical (unpaired) electrons. The molecule has 0 atom stereocenters. The molecule has 0 saturated carbocycles. The second kappa shape index (κ2) is 9.18. The molecule has 0 fully saturated rings. The van der Waals surface area contributed by atoms with E-state index in [0.717, 1.165) is 5.75 Å². The molecule has 0 saturated heterocycles. The average Bonchev–Trinajstić information content (AvgIpc) is 1.62. The first kappa shape index (κ1) is 12.8. The summed E-state index contributed by atoms with van der Waals surface area (Å²) in [4.78, 5) is 0. The summed E-state index contributed by atoms with van der Waals surface area (Å²) in [6.07, 6.45) is 0. The smallest absolute Gasteiger partial charge is 0.379 e. The van der Waals surface area contributed by atoms with Gasteiger partial charge in [-0.2, -0.15) is 0 Å². The minimum absolute atomic E-state index is 0.206. The highest BCUT2D eigenvalue weighted by Gasteiger charge is 1.86. The highest BCUT2D eigenvalue weighted by molar-refractivity contribution is 8.13. The van der Waals surface area contributed by atoms with E-state index in [0.29, 0.717) is 0 Å². The molecule has 0 rings (SSSR count). The molecule has 62 valence electrons. The minimum Gasteiger partial charge on any atom is -0.379 e. The third kappa shape index (κ3) is 41.7. The van der Waals surface area contributed by atoms with Crippen LogP contribution in [0.1, 0.15) is 6.92 Å². The summed E-state index contributed by atoms with van der Waals surface area (Å²) in [6.45, 7) is 1.96. The van der Waals surface area contributed by atoms with Gasteiger partial charge in [0.05, 0.1) is 0 Å². The van der Waals surface area contributed by atoms with Crippen LogP contribution < -0.4 is 14.1 Å². The van der Waals surface area contributed by atoms with Gasteiger partial charge in [-0.05, 0) is 9.95 Å². The Balaban J connectivity index is 0. The number of hydrogen-bond acceptors (Lipinski definition) is 5. The van der Waals surface area contributed by atoms with Crippen LogP contribution in [-0.4, -0.2) is 15.1 Å². The fourth-order valence-corrected chi connectivity index (χ4v) is 0.467. The first-order chi connectivity index (χ1) is 4.50. The van der Waals surface area contributed by atoms with Gasteiger partial charge in [-0.1, -0.05) is 18.7 Å². The first-order valence-corrected chi connectivity index (χ1v) is 5.21. The normalized spacial score (nSPS) is 8.50. The predicted octanol–water partition coefficient (Wildman–Crippen LogP) is -2.30. The lowest BCUT2D eigenvalue weighted by atomic mass is 11.0. The van der Waals surface area contributed by atoms with E-state index in [1.54, 1.807) is 0 Å². The Morgan fingerprint density at radius 1 is 1.80 bits per heavy atom. The van der Waals surface area contributed by atoms with Gasteiger partial charge in [-0.15, -0.1) is 0 Å². The Hall–Kier alpha value is 0.180. The molecule has 0 aromatic carbocycles. The molecule has 0 spiro atoms. The van der Waals surface area contributed by atoms with Crippen LogP contribution in [0.3, 0.4) is 0 Å². The van der Waals surface area contributed by atoms with Crippen molar-refractivity contribution in [2.75, 3.05) is 5.75 Å². The third-order valence-electron chi connectivity index (χ3n) is 0.300. The molecule has 0 heterocycles. The molecule has 0 aliphatic heterocycles. The van der Waals surface area contributed by atoms with Gasteiger partial charge in [-0.25, -0.2) is 0 Å². The largest absolute Gasteiger partial charge is 0.433 e. The molecule has 0 bridgehead atoms. The van der Waals surface area contributed by atoms with Crippen molar-refractivity contribution in [3.05, 3.63) is 0 Å². The van der Waals surface area contributed by atoms with E-state index in [2.05, 4.69) is 0 Å². The van der Waals surface area contributed by atoms with Crippen molar-refractivity contribution in [2.45, 2.75) is 6.92 Å². The van der Waals surface area contributed by atoms with Crippen LogP contribution in [-0.2, 0) is 0 Å². The van der Waals surface area contributed by atoms with Crippen molar-refractivity contribution in [1.82, 2.24) is 0 Å². The van der Waals surface area contributed by atoms with Crippen molar-refractivity contribution < 1.29 is 27.4 Å². The molecule has 0 aliphatic carbocycles. The van der Waals surface area contributed by atoms with Crippen LogP contribution in [0, 0.1) is 20.2 Å². The molecule has 0 unspecified atom stereocenters. The summed E-state index contributed by atoms with van der Waals surface area (Å²) < 4.78 is 24.3. The number of nitrogens with two attached hydrogens (primary N) is 1. The Bertz CT molecular complexity index is 89.1. The van der Waals surface area contributed by atoms with Gasteiger partial charge in [-0.3, -0.25) is 5.41 Å². The van der Waals surface area contributed by atoms with Crippen LogP contribution in [0.15, 0.2) is 0 Å². The fraction of sp³-hybridized carbons (Fsp3) is 0.667. The fourth-order valence-electron chi connectivity index (χ4n) is 0.156. The minimum atomic E-state index is -3.40. The van der Waals surface area contributed by atoms with Gasteiger partial charge >= 0.3 is 14.8 Å². The van der Waals surface area contributed by atoms with E-state index in [1.165, 1.54) is 11.8 Å². The van der Waals surface area contributed by atoms with E-state index in [9.17, 15) is 0 Å². The zero-order valence-electron chi connectivity index (χ0n) is 5.33. The Morgan fingerprint density at radius 3 is 2.10 bits per heavy atom. The molecule has 0 aromatic rings. The average molecular weight is 233 g/mol. The van der Waals surface area contributed by atoms with Crippen LogP contribution in [0.2, 0.25) is 0 Å². The monoisotopic (exact) mass is 232 g/mol. The lowest BCUT2D eigenvalue weighted by Crippen LogP contribution is -2.30. The Labute approximate surface area is 68.6 Å². The molecular weight excluding hydrogens is 224 g/mol. The highest BCUT2D eigenvalue weighted by atomic mass is 80.0. The zero-order chi connectivity index (χ0) is 8.57. The maximum Gasteiger partial charge on any atom is 0.433 e. The van der Waals surface area contributed by atoms with Crippen LogP contribution >= 0.6 is 11.8 Å². The number of rotatable bonds is 1. The van der Waals surface area contributed by atoms with E-state index in [1.807, 2.05) is 6.92 Å². The molecule has 0 aromatic heterocycles. The van der Waals surface area contributed by atoms with Gasteiger partial charge < -0.3 is 14.1 Å². The molecular formula is C3H9BrN2O3S. The number of amidine groups is 1. The lowest BCUT2D eigenvalue weighted by Gasteiger charge is -1.85. The maximum atomic E-state index is 8.63. The van der Waals surface area contributed by atoms with Crippen molar-refractivity contribution in [1.29, 1.82) is 5.41 Å². The number of halogens is 1. The summed E-state index contributed by atoms with van der Waals surface area (Å²) >= 11 is -2.05. The summed E-state index contributed by atoms with van der Waals surface area (Å²) in [5.74, 6) is 0.898. The molecule has 0 amide bonds. The summed E-state index contributed by atoms with van der Waals surface area (Å²) in [5.41, 5.74) is 4.95. The van der Waals surface area contributed by atoms with E-state index in [-0.39, 0.29) is 5.17 Å². The SMILES string of the molecule is CCSC(=N)N.[O-][Br+2]([O-])O. The van der Waals surface area contributed by atoms with Gasteiger partial charge in [0.2, 0.25) is 0 Å². The number of hydrogen-bond donors (Lipinski definition) is 3.